The fourth-order valence-electron chi connectivity index (χ4n) is 2.98. The molecule has 27 heavy (non-hydrogen) atoms. The molecule has 3 rings (SSSR count). The molecule has 1 aromatic carbocycles. The number of piperazine rings is 1. The predicted octanol–water partition coefficient (Wildman–Crippen LogP) is 1.94. The quantitative estimate of drug-likeness (QED) is 0.443. The first kappa shape index (κ1) is 18.9. The summed E-state index contributed by atoms with van der Waals surface area (Å²) in [5, 5.41) is 15.0. The van der Waals surface area contributed by atoms with Gasteiger partial charge in [0.2, 0.25) is 0 Å². The Labute approximate surface area is 161 Å². The number of nitro groups is 1. The number of nitrogens with zero attached hydrogens (tertiary/aromatic N) is 5. The van der Waals surface area contributed by atoms with Crippen LogP contribution in [0.2, 0.25) is 5.02 Å². The second-order valence-electron chi connectivity index (χ2n) is 6.12. The van der Waals surface area contributed by atoms with Crippen molar-refractivity contribution in [2.24, 2.45) is 0 Å². The molecule has 0 aliphatic carbocycles. The molecule has 1 saturated heterocycles. The Morgan fingerprint density at radius 3 is 2.48 bits per heavy atom. The maximum absolute atomic E-state index is 12.6. The number of aromatic nitrogens is 2. The average molecular weight is 388 g/mol. The molecule has 0 bridgehead atoms. The van der Waals surface area contributed by atoms with Gasteiger partial charge in [0.05, 0.1) is 22.5 Å². The molecule has 1 aliphatic rings. The number of rotatable bonds is 5. The molecule has 2 heterocycles. The highest BCUT2D eigenvalue weighted by Crippen LogP contribution is 2.23. The highest BCUT2D eigenvalue weighted by molar-refractivity contribution is 6.33. The van der Waals surface area contributed by atoms with Crippen LogP contribution in [0.1, 0.15) is 6.42 Å². The van der Waals surface area contributed by atoms with Crippen molar-refractivity contribution in [2.45, 2.75) is 6.42 Å². The van der Waals surface area contributed by atoms with Gasteiger partial charge < -0.3 is 4.90 Å². The fourth-order valence-corrected chi connectivity index (χ4v) is 3.23. The van der Waals surface area contributed by atoms with E-state index >= 15 is 0 Å². The van der Waals surface area contributed by atoms with Crippen molar-refractivity contribution in [3.63, 3.8) is 0 Å². The van der Waals surface area contributed by atoms with Gasteiger partial charge in [0.1, 0.15) is 5.02 Å². The van der Waals surface area contributed by atoms with E-state index in [4.69, 9.17) is 18.0 Å². The third-order valence-corrected chi connectivity index (χ3v) is 4.85. The Morgan fingerprint density at radius 1 is 1.22 bits per heavy atom. The van der Waals surface area contributed by atoms with Crippen LogP contribution in [0.15, 0.2) is 35.3 Å². The van der Waals surface area contributed by atoms with Crippen molar-refractivity contribution in [2.75, 3.05) is 37.6 Å². The van der Waals surface area contributed by atoms with Crippen LogP contribution in [0.4, 0.5) is 11.4 Å². The monoisotopic (exact) mass is 387 g/mol. The summed E-state index contributed by atoms with van der Waals surface area (Å²) in [6, 6.07) is 5.57. The minimum absolute atomic E-state index is 0.0581. The lowest BCUT2D eigenvalue weighted by molar-refractivity contribution is -0.384. The Balaban J connectivity index is 1.79. The number of terminal acetylenes is 1. The summed E-state index contributed by atoms with van der Waals surface area (Å²) in [5.74, 6) is 2.64. The lowest BCUT2D eigenvalue weighted by Gasteiger charge is -2.35. The van der Waals surface area contributed by atoms with Crippen LogP contribution in [0.3, 0.4) is 0 Å². The summed E-state index contributed by atoms with van der Waals surface area (Å²) in [7, 11) is 0. The fraction of sp³-hybridized carbons (Fsp3) is 0.333. The molecule has 8 nitrogen and oxygen atoms in total. The predicted molar refractivity (Wildman–Crippen MR) is 104 cm³/mol. The number of halogens is 1. The van der Waals surface area contributed by atoms with Gasteiger partial charge in [-0.25, -0.2) is 0 Å². The lowest BCUT2D eigenvalue weighted by atomic mass is 10.2. The summed E-state index contributed by atoms with van der Waals surface area (Å²) in [4.78, 5) is 27.2. The van der Waals surface area contributed by atoms with E-state index in [1.165, 1.54) is 24.3 Å². The van der Waals surface area contributed by atoms with E-state index in [-0.39, 0.29) is 10.7 Å². The van der Waals surface area contributed by atoms with E-state index in [0.29, 0.717) is 17.8 Å². The van der Waals surface area contributed by atoms with Crippen LogP contribution in [0, 0.1) is 22.5 Å². The van der Waals surface area contributed by atoms with Gasteiger partial charge >= 0.3 is 0 Å². The van der Waals surface area contributed by atoms with Gasteiger partial charge in [0, 0.05) is 51.3 Å². The first-order valence-corrected chi connectivity index (χ1v) is 8.82. The number of hydrogen-bond acceptors (Lipinski definition) is 6. The Morgan fingerprint density at radius 2 is 1.89 bits per heavy atom. The third kappa shape index (κ3) is 4.10. The number of nitro benzene ring substituents is 1. The van der Waals surface area contributed by atoms with Gasteiger partial charge in [0.25, 0.3) is 11.2 Å². The molecule has 0 spiro atoms. The van der Waals surface area contributed by atoms with E-state index in [1.54, 1.807) is 6.20 Å². The molecule has 0 unspecified atom stereocenters. The van der Waals surface area contributed by atoms with Crippen molar-refractivity contribution >= 4 is 23.0 Å². The molecule has 1 aliphatic heterocycles. The lowest BCUT2D eigenvalue weighted by Crippen LogP contribution is -2.47. The summed E-state index contributed by atoms with van der Waals surface area (Å²) in [5.41, 5.74) is 0.490. The maximum atomic E-state index is 12.6. The smallest absolute Gasteiger partial charge is 0.292 e. The molecule has 1 fully saturated rings. The van der Waals surface area contributed by atoms with E-state index < -0.39 is 10.5 Å². The van der Waals surface area contributed by atoms with E-state index in [1.807, 2.05) is 4.90 Å². The maximum Gasteiger partial charge on any atom is 0.292 e. The van der Waals surface area contributed by atoms with E-state index in [0.717, 1.165) is 37.4 Å². The number of anilines is 1. The van der Waals surface area contributed by atoms with Crippen LogP contribution in [-0.4, -0.2) is 52.3 Å². The van der Waals surface area contributed by atoms with Gasteiger partial charge in [-0.15, -0.1) is 12.3 Å². The zero-order chi connectivity index (χ0) is 19.4. The molecule has 0 radical (unpaired) electrons. The van der Waals surface area contributed by atoms with Crippen LogP contribution < -0.4 is 10.5 Å². The summed E-state index contributed by atoms with van der Waals surface area (Å²) >= 11 is 6.32. The summed E-state index contributed by atoms with van der Waals surface area (Å²) in [6.45, 7) is 3.99. The second kappa shape index (κ2) is 8.20. The van der Waals surface area contributed by atoms with Crippen molar-refractivity contribution in [1.29, 1.82) is 0 Å². The van der Waals surface area contributed by atoms with Crippen LogP contribution >= 0.6 is 11.6 Å². The van der Waals surface area contributed by atoms with Crippen LogP contribution in [0.25, 0.3) is 5.69 Å². The summed E-state index contributed by atoms with van der Waals surface area (Å²) < 4.78 is 1.14. The van der Waals surface area contributed by atoms with Gasteiger partial charge in [-0.3, -0.25) is 19.8 Å². The largest absolute Gasteiger partial charge is 0.366 e. The standard InChI is InChI=1S/C18H18ClN5O3/c1-2-3-8-21-9-11-22(12-10-21)16-13-20-23(18(25)17(16)19)14-4-6-15(7-5-14)24(26)27/h1,4-7,13H,3,8-12H2. The van der Waals surface area contributed by atoms with E-state index in [2.05, 4.69) is 15.9 Å². The molecule has 140 valence electrons. The zero-order valence-corrected chi connectivity index (χ0v) is 15.3. The second-order valence-corrected chi connectivity index (χ2v) is 6.50. The summed E-state index contributed by atoms with van der Waals surface area (Å²) in [6.07, 6.45) is 7.58. The Bertz CT molecular complexity index is 927. The van der Waals surface area contributed by atoms with Gasteiger partial charge in [-0.1, -0.05) is 11.6 Å². The number of hydrogen-bond donors (Lipinski definition) is 0. The molecule has 0 atom stereocenters. The highest BCUT2D eigenvalue weighted by atomic mass is 35.5. The minimum atomic E-state index is -0.501. The number of non-ortho nitro benzene ring substituents is 1. The Kier molecular flexibility index (Phi) is 5.74. The van der Waals surface area contributed by atoms with Gasteiger partial charge in [-0.05, 0) is 12.1 Å². The molecule has 2 aromatic rings. The molecular weight excluding hydrogens is 370 g/mol. The third-order valence-electron chi connectivity index (χ3n) is 4.49. The van der Waals surface area contributed by atoms with Crippen molar-refractivity contribution in [1.82, 2.24) is 14.7 Å². The first-order valence-electron chi connectivity index (χ1n) is 8.44. The SMILES string of the molecule is C#CCCN1CCN(c2cnn(-c3ccc([N+](=O)[O-])cc3)c(=O)c2Cl)CC1. The van der Waals surface area contributed by atoms with Crippen molar-refractivity contribution in [3.8, 4) is 18.0 Å². The van der Waals surface area contributed by atoms with Crippen LogP contribution in [0.5, 0.6) is 0 Å². The molecule has 0 N–H and O–H groups in total. The molecule has 1 aromatic heterocycles. The average Bonchev–Trinajstić information content (AvgIpc) is 2.69. The first-order chi connectivity index (χ1) is 13.0. The highest BCUT2D eigenvalue weighted by Gasteiger charge is 2.21. The molecule has 0 amide bonds. The number of benzene rings is 1. The van der Waals surface area contributed by atoms with Crippen molar-refractivity contribution in [3.05, 3.63) is 56.0 Å². The van der Waals surface area contributed by atoms with Crippen LogP contribution in [-0.2, 0) is 0 Å². The minimum Gasteiger partial charge on any atom is -0.366 e. The van der Waals surface area contributed by atoms with Gasteiger partial charge in [-0.2, -0.15) is 9.78 Å². The van der Waals surface area contributed by atoms with Gasteiger partial charge in [0.15, 0.2) is 0 Å². The Hall–Kier alpha value is -2.89. The topological polar surface area (TPSA) is 84.5 Å². The molecule has 0 saturated carbocycles. The molecular formula is C18H18ClN5O3. The van der Waals surface area contributed by atoms with E-state index in [9.17, 15) is 14.9 Å². The normalized spacial score (nSPS) is 14.7. The molecule has 9 heteroatoms. The zero-order valence-electron chi connectivity index (χ0n) is 14.5. The van der Waals surface area contributed by atoms with Crippen molar-refractivity contribution < 1.29 is 4.92 Å².